The number of fused-ring (bicyclic) bond motifs is 1. The topological polar surface area (TPSA) is 50.9 Å². The molecular formula is C16H17N3S. The highest BCUT2D eigenvalue weighted by Gasteiger charge is 2.17. The molecule has 1 aliphatic rings. The Hall–Kier alpha value is -1.94. The van der Waals surface area contributed by atoms with Gasteiger partial charge in [0.15, 0.2) is 0 Å². The van der Waals surface area contributed by atoms with E-state index in [1.165, 1.54) is 23.2 Å². The number of aryl methyl sites for hydroxylation is 2. The van der Waals surface area contributed by atoms with Crippen molar-refractivity contribution >= 4 is 23.0 Å². The molecular weight excluding hydrogens is 266 g/mol. The summed E-state index contributed by atoms with van der Waals surface area (Å²) in [4.78, 5) is 5.12. The number of nitrogens with zero attached hydrogens (tertiary/aromatic N) is 1. The smallest absolute Gasteiger partial charge is 0.136 e. The van der Waals surface area contributed by atoms with E-state index in [4.69, 9.17) is 22.9 Å². The van der Waals surface area contributed by atoms with Crippen LogP contribution >= 0.6 is 12.2 Å². The van der Waals surface area contributed by atoms with Gasteiger partial charge in [0, 0.05) is 12.2 Å². The van der Waals surface area contributed by atoms with E-state index in [9.17, 15) is 0 Å². The van der Waals surface area contributed by atoms with Crippen molar-refractivity contribution < 1.29 is 0 Å². The molecule has 0 saturated heterocycles. The minimum Gasteiger partial charge on any atom is -0.389 e. The molecule has 0 bridgehead atoms. The number of benzene rings is 1. The van der Waals surface area contributed by atoms with Crippen molar-refractivity contribution in [3.8, 4) is 0 Å². The molecule has 1 aromatic carbocycles. The Morgan fingerprint density at radius 1 is 1.25 bits per heavy atom. The van der Waals surface area contributed by atoms with Crippen LogP contribution in [0, 0.1) is 0 Å². The number of hydrogen-bond acceptors (Lipinski definition) is 3. The zero-order valence-electron chi connectivity index (χ0n) is 11.2. The molecule has 0 saturated carbocycles. The summed E-state index contributed by atoms with van der Waals surface area (Å²) in [6.07, 6.45) is 3.30. The van der Waals surface area contributed by atoms with Gasteiger partial charge in [0.1, 0.15) is 10.8 Å². The molecule has 1 aliphatic carbocycles. The normalized spacial score (nSPS) is 13.0. The van der Waals surface area contributed by atoms with Gasteiger partial charge in [-0.3, -0.25) is 0 Å². The molecule has 0 aliphatic heterocycles. The number of aromatic nitrogens is 1. The molecule has 0 atom stereocenters. The molecule has 4 heteroatoms. The van der Waals surface area contributed by atoms with Gasteiger partial charge in [0.2, 0.25) is 0 Å². The van der Waals surface area contributed by atoms with Crippen LogP contribution < -0.4 is 11.1 Å². The first kappa shape index (κ1) is 13.1. The van der Waals surface area contributed by atoms with E-state index in [1.54, 1.807) is 0 Å². The third-order valence-corrected chi connectivity index (χ3v) is 3.84. The molecule has 0 fully saturated rings. The van der Waals surface area contributed by atoms with E-state index in [0.717, 1.165) is 30.8 Å². The number of hydrogen-bond donors (Lipinski definition) is 2. The van der Waals surface area contributed by atoms with Crippen molar-refractivity contribution in [3.05, 3.63) is 58.8 Å². The zero-order valence-corrected chi connectivity index (χ0v) is 12.0. The molecule has 3 N–H and O–H groups in total. The van der Waals surface area contributed by atoms with Crippen molar-refractivity contribution in [1.29, 1.82) is 0 Å². The van der Waals surface area contributed by atoms with Crippen molar-refractivity contribution in [1.82, 2.24) is 4.98 Å². The first-order chi connectivity index (χ1) is 9.74. The lowest BCUT2D eigenvalue weighted by molar-refractivity contribution is 0.899. The Morgan fingerprint density at radius 3 is 2.80 bits per heavy atom. The molecule has 0 radical (unpaired) electrons. The molecule has 2 aromatic rings. The maximum Gasteiger partial charge on any atom is 0.136 e. The number of pyridine rings is 1. The number of rotatable bonds is 4. The van der Waals surface area contributed by atoms with Gasteiger partial charge in [-0.25, -0.2) is 4.98 Å². The molecule has 0 unspecified atom stereocenters. The number of thiocarbonyl (C=S) groups is 1. The molecule has 1 aromatic heterocycles. The maximum atomic E-state index is 5.83. The van der Waals surface area contributed by atoms with E-state index < -0.39 is 0 Å². The molecule has 3 rings (SSSR count). The van der Waals surface area contributed by atoms with Crippen LogP contribution in [0.1, 0.15) is 28.8 Å². The number of anilines is 1. The Bertz CT molecular complexity index is 638. The summed E-state index contributed by atoms with van der Waals surface area (Å²) in [5.41, 5.74) is 10.4. The van der Waals surface area contributed by atoms with E-state index in [-0.39, 0.29) is 0 Å². The lowest BCUT2D eigenvalue weighted by atomic mass is 10.1. The number of nitrogens with two attached hydrogens (primary N) is 1. The summed E-state index contributed by atoms with van der Waals surface area (Å²) in [6.45, 7) is 0.724. The van der Waals surface area contributed by atoms with Crippen LogP contribution in [0.3, 0.4) is 0 Å². The monoisotopic (exact) mass is 283 g/mol. The van der Waals surface area contributed by atoms with Crippen molar-refractivity contribution in [2.75, 3.05) is 5.32 Å². The van der Waals surface area contributed by atoms with Crippen LogP contribution in [0.4, 0.5) is 5.82 Å². The van der Waals surface area contributed by atoms with Gasteiger partial charge in [-0.05, 0) is 36.5 Å². The fraction of sp³-hybridized carbons (Fsp3) is 0.250. The largest absolute Gasteiger partial charge is 0.389 e. The van der Waals surface area contributed by atoms with Crippen molar-refractivity contribution in [2.45, 2.75) is 25.8 Å². The maximum absolute atomic E-state index is 5.83. The van der Waals surface area contributed by atoms with Gasteiger partial charge in [-0.15, -0.1) is 0 Å². The SMILES string of the molecule is NC(=S)c1cc2c(nc1NCc1ccccc1)CCC2. The van der Waals surface area contributed by atoms with Gasteiger partial charge in [-0.1, -0.05) is 42.5 Å². The predicted molar refractivity (Wildman–Crippen MR) is 85.9 cm³/mol. The number of nitrogens with one attached hydrogen (secondary N) is 1. The third kappa shape index (κ3) is 2.65. The average molecular weight is 283 g/mol. The molecule has 0 spiro atoms. The fourth-order valence-corrected chi connectivity index (χ4v) is 2.73. The average Bonchev–Trinajstić information content (AvgIpc) is 2.92. The second-order valence-corrected chi connectivity index (χ2v) is 5.49. The lowest BCUT2D eigenvalue weighted by Crippen LogP contribution is -2.15. The van der Waals surface area contributed by atoms with Gasteiger partial charge in [0.05, 0.1) is 5.56 Å². The Balaban J connectivity index is 1.86. The van der Waals surface area contributed by atoms with E-state index in [1.807, 2.05) is 18.2 Å². The quantitative estimate of drug-likeness (QED) is 0.847. The van der Waals surface area contributed by atoms with Crippen LogP contribution in [-0.2, 0) is 19.4 Å². The van der Waals surface area contributed by atoms with Gasteiger partial charge >= 0.3 is 0 Å². The highest BCUT2D eigenvalue weighted by molar-refractivity contribution is 7.80. The summed E-state index contributed by atoms with van der Waals surface area (Å²) in [7, 11) is 0. The van der Waals surface area contributed by atoms with Crippen molar-refractivity contribution in [3.63, 3.8) is 0 Å². The molecule has 102 valence electrons. The highest BCUT2D eigenvalue weighted by atomic mass is 32.1. The second-order valence-electron chi connectivity index (χ2n) is 5.05. The van der Waals surface area contributed by atoms with Gasteiger partial charge in [0.25, 0.3) is 0 Å². The van der Waals surface area contributed by atoms with Crippen molar-refractivity contribution in [2.24, 2.45) is 5.73 Å². The first-order valence-corrected chi connectivity index (χ1v) is 7.25. The van der Waals surface area contributed by atoms with Crippen LogP contribution in [0.5, 0.6) is 0 Å². The molecule has 1 heterocycles. The second kappa shape index (κ2) is 5.59. The minimum atomic E-state index is 0.405. The van der Waals surface area contributed by atoms with E-state index in [2.05, 4.69) is 23.5 Å². The highest BCUT2D eigenvalue weighted by Crippen LogP contribution is 2.25. The first-order valence-electron chi connectivity index (χ1n) is 6.84. The Kier molecular flexibility index (Phi) is 3.65. The van der Waals surface area contributed by atoms with Gasteiger partial charge in [-0.2, -0.15) is 0 Å². The van der Waals surface area contributed by atoms with Crippen LogP contribution in [0.15, 0.2) is 36.4 Å². The lowest BCUT2D eigenvalue weighted by Gasteiger charge is -2.12. The Morgan fingerprint density at radius 2 is 2.05 bits per heavy atom. The van der Waals surface area contributed by atoms with Crippen LogP contribution in [0.25, 0.3) is 0 Å². The zero-order chi connectivity index (χ0) is 13.9. The minimum absolute atomic E-state index is 0.405. The van der Waals surface area contributed by atoms with Gasteiger partial charge < -0.3 is 11.1 Å². The Labute approximate surface area is 124 Å². The summed E-state index contributed by atoms with van der Waals surface area (Å²) in [5, 5.41) is 3.36. The van der Waals surface area contributed by atoms with E-state index in [0.29, 0.717) is 4.99 Å². The molecule has 20 heavy (non-hydrogen) atoms. The summed E-state index contributed by atoms with van der Waals surface area (Å²) in [6, 6.07) is 12.3. The van der Waals surface area contributed by atoms with E-state index >= 15 is 0 Å². The summed E-state index contributed by atoms with van der Waals surface area (Å²) >= 11 is 5.15. The third-order valence-electron chi connectivity index (χ3n) is 3.62. The van der Waals surface area contributed by atoms with Crippen LogP contribution in [-0.4, -0.2) is 9.97 Å². The summed E-state index contributed by atoms with van der Waals surface area (Å²) in [5.74, 6) is 0.807. The fourth-order valence-electron chi connectivity index (χ4n) is 2.58. The summed E-state index contributed by atoms with van der Waals surface area (Å²) < 4.78 is 0. The molecule has 0 amide bonds. The standard InChI is InChI=1S/C16H17N3S/c17-15(20)13-9-12-7-4-8-14(12)19-16(13)18-10-11-5-2-1-3-6-11/h1-3,5-6,9H,4,7-8,10H2,(H2,17,20)(H,18,19). The predicted octanol–water partition coefficient (Wildman–Crippen LogP) is 2.82. The molecule has 3 nitrogen and oxygen atoms in total. The van der Waals surface area contributed by atoms with Crippen LogP contribution in [0.2, 0.25) is 0 Å².